The zero-order valence-corrected chi connectivity index (χ0v) is 40.9. The molecule has 1 atom stereocenters. The Morgan fingerprint density at radius 2 is 0.629 bits per heavy atom. The average molecular weight is 867 g/mol. The number of unbranched alkanes of at least 4 members (excludes halogenated alkanes) is 26. The number of ether oxygens (including phenoxy) is 3. The molecule has 358 valence electrons. The predicted octanol–water partition coefficient (Wildman–Crippen LogP) is 17.3. The minimum atomic E-state index is -0.775. The molecule has 0 saturated carbocycles. The molecule has 1 unspecified atom stereocenters. The number of hydrogen-bond acceptors (Lipinski definition) is 6. The van der Waals surface area contributed by atoms with Gasteiger partial charge in [-0.15, -0.1) is 0 Å². The maximum Gasteiger partial charge on any atom is 0.306 e. The first-order chi connectivity index (χ1) is 30.5. The highest BCUT2D eigenvalue weighted by Crippen LogP contribution is 2.15. The molecule has 0 aromatic carbocycles. The van der Waals surface area contributed by atoms with Crippen molar-refractivity contribution in [2.45, 2.75) is 264 Å². The minimum Gasteiger partial charge on any atom is -0.462 e. The fourth-order valence-corrected chi connectivity index (χ4v) is 7.31. The lowest BCUT2D eigenvalue weighted by molar-refractivity contribution is -0.167. The molecule has 0 bridgehead atoms. The van der Waals surface area contributed by atoms with Gasteiger partial charge in [0.15, 0.2) is 6.10 Å². The van der Waals surface area contributed by atoms with E-state index < -0.39 is 6.10 Å². The third kappa shape index (κ3) is 48.1. The fourth-order valence-electron chi connectivity index (χ4n) is 7.31. The molecule has 0 saturated heterocycles. The largest absolute Gasteiger partial charge is 0.462 e. The molecule has 6 heteroatoms. The SMILES string of the molecule is CC/C=C\C/C=C\C/C=C\C/C=C\CCCCCCCCCCC(=O)OCC(COC(=O)CCCCCCC)OC(=O)CCCCCCCCC/C=C\CCCCCCCCC. The van der Waals surface area contributed by atoms with Crippen LogP contribution >= 0.6 is 0 Å². The second-order valence-corrected chi connectivity index (χ2v) is 17.4. The highest BCUT2D eigenvalue weighted by Gasteiger charge is 2.19. The highest BCUT2D eigenvalue weighted by atomic mass is 16.6. The van der Waals surface area contributed by atoms with Crippen molar-refractivity contribution in [1.29, 1.82) is 0 Å². The Hall–Kier alpha value is -2.89. The molecule has 62 heavy (non-hydrogen) atoms. The van der Waals surface area contributed by atoms with Crippen LogP contribution in [0.15, 0.2) is 60.8 Å². The summed E-state index contributed by atoms with van der Waals surface area (Å²) in [5.41, 5.74) is 0. The van der Waals surface area contributed by atoms with Crippen LogP contribution in [0.3, 0.4) is 0 Å². The van der Waals surface area contributed by atoms with Gasteiger partial charge in [0.05, 0.1) is 0 Å². The van der Waals surface area contributed by atoms with Gasteiger partial charge in [-0.2, -0.15) is 0 Å². The molecule has 0 aliphatic carbocycles. The Labute approximate surface area is 383 Å². The lowest BCUT2D eigenvalue weighted by atomic mass is 10.1. The number of carbonyl (C=O) groups excluding carboxylic acids is 3. The molecule has 0 aromatic heterocycles. The molecule has 0 rings (SSSR count). The first kappa shape index (κ1) is 59.1. The summed E-state index contributed by atoms with van der Waals surface area (Å²) in [6.07, 6.45) is 62.4. The predicted molar refractivity (Wildman–Crippen MR) is 265 cm³/mol. The van der Waals surface area contributed by atoms with Crippen LogP contribution in [0, 0.1) is 0 Å². The van der Waals surface area contributed by atoms with Crippen LogP contribution < -0.4 is 0 Å². The summed E-state index contributed by atoms with van der Waals surface area (Å²) >= 11 is 0. The standard InChI is InChI=1S/C56H98O6/c1-4-7-10-13-15-17-19-21-23-25-27-28-29-31-32-34-36-38-40-43-46-49-55(58)61-52-53(51-60-54(57)48-45-42-12-9-6-3)62-56(59)50-47-44-41-39-37-35-33-30-26-24-22-20-18-16-14-11-8-5-2/h7,10,15,17,21,23-24,26-28,53H,4-6,8-9,11-14,16,18-20,22,25,29-52H2,1-3H3/b10-7-,17-15-,23-21-,26-24-,28-27-. The van der Waals surface area contributed by atoms with Gasteiger partial charge in [0.25, 0.3) is 0 Å². The zero-order valence-electron chi connectivity index (χ0n) is 40.9. The molecule has 0 radical (unpaired) electrons. The van der Waals surface area contributed by atoms with Crippen molar-refractivity contribution in [3.8, 4) is 0 Å². The Morgan fingerprint density at radius 3 is 1.00 bits per heavy atom. The van der Waals surface area contributed by atoms with Gasteiger partial charge in [-0.1, -0.05) is 216 Å². The summed E-state index contributed by atoms with van der Waals surface area (Å²) in [6, 6.07) is 0. The second kappa shape index (κ2) is 50.8. The zero-order chi connectivity index (χ0) is 45.1. The summed E-state index contributed by atoms with van der Waals surface area (Å²) in [4.78, 5) is 37.7. The molecule has 0 spiro atoms. The van der Waals surface area contributed by atoms with Crippen LogP contribution in [-0.2, 0) is 28.6 Å². The summed E-state index contributed by atoms with van der Waals surface area (Å²) in [5, 5.41) is 0. The average Bonchev–Trinajstić information content (AvgIpc) is 3.27. The Kier molecular flexibility index (Phi) is 48.4. The van der Waals surface area contributed by atoms with E-state index in [0.29, 0.717) is 19.3 Å². The smallest absolute Gasteiger partial charge is 0.306 e. The van der Waals surface area contributed by atoms with Gasteiger partial charge in [0, 0.05) is 19.3 Å². The lowest BCUT2D eigenvalue weighted by Gasteiger charge is -2.18. The summed E-state index contributed by atoms with van der Waals surface area (Å²) < 4.78 is 16.7. The van der Waals surface area contributed by atoms with Gasteiger partial charge in [0.2, 0.25) is 0 Å². The molecule has 0 N–H and O–H groups in total. The topological polar surface area (TPSA) is 78.9 Å². The van der Waals surface area contributed by atoms with E-state index in [1.54, 1.807) is 0 Å². The Balaban J connectivity index is 4.16. The van der Waals surface area contributed by atoms with Crippen molar-refractivity contribution in [3.05, 3.63) is 60.8 Å². The highest BCUT2D eigenvalue weighted by molar-refractivity contribution is 5.71. The number of rotatable bonds is 47. The Bertz CT molecular complexity index is 1130. The van der Waals surface area contributed by atoms with E-state index in [2.05, 4.69) is 81.5 Å². The summed E-state index contributed by atoms with van der Waals surface area (Å²) in [5.74, 6) is -0.900. The third-order valence-electron chi connectivity index (χ3n) is 11.3. The van der Waals surface area contributed by atoms with Crippen molar-refractivity contribution in [3.63, 3.8) is 0 Å². The van der Waals surface area contributed by atoms with Crippen molar-refractivity contribution >= 4 is 17.9 Å². The molecule has 0 fully saturated rings. The number of allylic oxidation sites excluding steroid dienone is 10. The first-order valence-electron chi connectivity index (χ1n) is 26.3. The van der Waals surface area contributed by atoms with Crippen LogP contribution in [0.2, 0.25) is 0 Å². The number of carbonyl (C=O) groups is 3. The van der Waals surface area contributed by atoms with Gasteiger partial charge in [-0.3, -0.25) is 14.4 Å². The van der Waals surface area contributed by atoms with Crippen LogP contribution in [0.4, 0.5) is 0 Å². The van der Waals surface area contributed by atoms with Crippen molar-refractivity contribution in [2.75, 3.05) is 13.2 Å². The molecule has 0 heterocycles. The van der Waals surface area contributed by atoms with Crippen LogP contribution in [0.5, 0.6) is 0 Å². The summed E-state index contributed by atoms with van der Waals surface area (Å²) in [6.45, 7) is 6.44. The van der Waals surface area contributed by atoms with E-state index in [4.69, 9.17) is 14.2 Å². The fraction of sp³-hybridized carbons (Fsp3) is 0.768. The monoisotopic (exact) mass is 867 g/mol. The van der Waals surface area contributed by atoms with Crippen LogP contribution in [0.25, 0.3) is 0 Å². The minimum absolute atomic E-state index is 0.0788. The van der Waals surface area contributed by atoms with Gasteiger partial charge < -0.3 is 14.2 Å². The first-order valence-corrected chi connectivity index (χ1v) is 26.3. The van der Waals surface area contributed by atoms with E-state index in [-0.39, 0.29) is 31.1 Å². The van der Waals surface area contributed by atoms with Gasteiger partial charge in [0.1, 0.15) is 13.2 Å². The quantitative estimate of drug-likeness (QED) is 0.0262. The molecule has 0 aromatic rings. The second-order valence-electron chi connectivity index (χ2n) is 17.4. The van der Waals surface area contributed by atoms with E-state index >= 15 is 0 Å². The number of esters is 3. The molecular weight excluding hydrogens is 769 g/mol. The van der Waals surface area contributed by atoms with Crippen molar-refractivity contribution in [1.82, 2.24) is 0 Å². The van der Waals surface area contributed by atoms with E-state index in [0.717, 1.165) is 96.3 Å². The van der Waals surface area contributed by atoms with Crippen LogP contribution in [-0.4, -0.2) is 37.2 Å². The Morgan fingerprint density at radius 1 is 0.339 bits per heavy atom. The van der Waals surface area contributed by atoms with Crippen molar-refractivity contribution < 1.29 is 28.6 Å². The van der Waals surface area contributed by atoms with E-state index in [1.165, 1.54) is 122 Å². The maximum atomic E-state index is 12.7. The lowest BCUT2D eigenvalue weighted by Crippen LogP contribution is -2.30. The molecule has 0 aliphatic rings. The van der Waals surface area contributed by atoms with Crippen molar-refractivity contribution in [2.24, 2.45) is 0 Å². The van der Waals surface area contributed by atoms with Gasteiger partial charge in [-0.25, -0.2) is 0 Å². The van der Waals surface area contributed by atoms with Gasteiger partial charge in [-0.05, 0) is 83.5 Å². The molecule has 0 aliphatic heterocycles. The number of hydrogen-bond donors (Lipinski definition) is 0. The van der Waals surface area contributed by atoms with Gasteiger partial charge >= 0.3 is 17.9 Å². The van der Waals surface area contributed by atoms with E-state index in [9.17, 15) is 14.4 Å². The van der Waals surface area contributed by atoms with Crippen LogP contribution in [0.1, 0.15) is 258 Å². The summed E-state index contributed by atoms with van der Waals surface area (Å²) in [7, 11) is 0. The molecule has 0 amide bonds. The van der Waals surface area contributed by atoms with E-state index in [1.807, 2.05) is 0 Å². The third-order valence-corrected chi connectivity index (χ3v) is 11.3. The maximum absolute atomic E-state index is 12.7. The normalized spacial score (nSPS) is 12.5. The molecule has 6 nitrogen and oxygen atoms in total. The molecular formula is C56H98O6.